The summed E-state index contributed by atoms with van der Waals surface area (Å²) in [6.45, 7) is 10.5. The van der Waals surface area contributed by atoms with E-state index in [0.29, 0.717) is 0 Å². The summed E-state index contributed by atoms with van der Waals surface area (Å²) in [4.78, 5) is 6.91. The van der Waals surface area contributed by atoms with E-state index < -0.39 is 0 Å². The minimum atomic E-state index is 0.753. The van der Waals surface area contributed by atoms with Crippen LogP contribution < -0.4 is 10.2 Å². The van der Waals surface area contributed by atoms with Crippen molar-refractivity contribution in [1.82, 2.24) is 10.3 Å². The smallest absolute Gasteiger partial charge is 0.128 e. The fraction of sp³-hybridized carbons (Fsp3) is 0.643. The number of aryl methyl sites for hydroxylation is 1. The molecule has 0 spiro atoms. The standard InChI is InChI=1S/C14H25N3O/c1-5-17(9-10-18-6-2)14-8-7-13(11-15-4)12(3)16-14/h7-8,15H,5-6,9-11H2,1-4H3. The molecule has 4 heteroatoms. The number of nitrogens with zero attached hydrogens (tertiary/aromatic N) is 2. The average molecular weight is 251 g/mol. The topological polar surface area (TPSA) is 37.4 Å². The van der Waals surface area contributed by atoms with Crippen LogP contribution in [-0.4, -0.2) is 38.3 Å². The first kappa shape index (κ1) is 14.9. The molecule has 0 fully saturated rings. The number of rotatable bonds is 8. The van der Waals surface area contributed by atoms with Gasteiger partial charge in [-0.1, -0.05) is 6.07 Å². The van der Waals surface area contributed by atoms with Gasteiger partial charge in [0.1, 0.15) is 5.82 Å². The van der Waals surface area contributed by atoms with E-state index in [9.17, 15) is 0 Å². The van der Waals surface area contributed by atoms with Gasteiger partial charge in [0.2, 0.25) is 0 Å². The monoisotopic (exact) mass is 251 g/mol. The molecule has 18 heavy (non-hydrogen) atoms. The van der Waals surface area contributed by atoms with E-state index in [4.69, 9.17) is 4.74 Å². The van der Waals surface area contributed by atoms with Crippen molar-refractivity contribution in [2.45, 2.75) is 27.3 Å². The van der Waals surface area contributed by atoms with E-state index in [2.05, 4.69) is 41.2 Å². The third kappa shape index (κ3) is 4.27. The minimum Gasteiger partial charge on any atom is -0.380 e. The number of anilines is 1. The molecule has 0 aromatic carbocycles. The fourth-order valence-electron chi connectivity index (χ4n) is 1.88. The normalized spacial score (nSPS) is 10.7. The summed E-state index contributed by atoms with van der Waals surface area (Å²) in [5, 5.41) is 3.16. The molecule has 0 saturated carbocycles. The van der Waals surface area contributed by atoms with E-state index in [-0.39, 0.29) is 0 Å². The Morgan fingerprint density at radius 3 is 2.67 bits per heavy atom. The molecule has 0 aliphatic carbocycles. The first-order valence-corrected chi connectivity index (χ1v) is 6.66. The summed E-state index contributed by atoms with van der Waals surface area (Å²) in [7, 11) is 1.95. The molecule has 0 bridgehead atoms. The molecule has 1 aromatic rings. The van der Waals surface area contributed by atoms with Gasteiger partial charge in [0.25, 0.3) is 0 Å². The third-order valence-electron chi connectivity index (χ3n) is 2.96. The van der Waals surface area contributed by atoms with E-state index in [1.165, 1.54) is 5.56 Å². The molecule has 4 nitrogen and oxygen atoms in total. The lowest BCUT2D eigenvalue weighted by Crippen LogP contribution is -2.28. The number of nitrogens with one attached hydrogen (secondary N) is 1. The van der Waals surface area contributed by atoms with Crippen molar-refractivity contribution >= 4 is 5.82 Å². The highest BCUT2D eigenvalue weighted by molar-refractivity contribution is 5.41. The van der Waals surface area contributed by atoms with Crippen molar-refractivity contribution < 1.29 is 4.74 Å². The van der Waals surface area contributed by atoms with Gasteiger partial charge in [-0.25, -0.2) is 4.98 Å². The van der Waals surface area contributed by atoms with Gasteiger partial charge >= 0.3 is 0 Å². The second-order valence-electron chi connectivity index (χ2n) is 4.22. The average Bonchev–Trinajstić information content (AvgIpc) is 2.37. The van der Waals surface area contributed by atoms with Crippen LogP contribution in [0.15, 0.2) is 12.1 Å². The van der Waals surface area contributed by atoms with E-state index in [0.717, 1.165) is 44.4 Å². The maximum atomic E-state index is 5.40. The summed E-state index contributed by atoms with van der Waals surface area (Å²) in [6.07, 6.45) is 0. The largest absolute Gasteiger partial charge is 0.380 e. The van der Waals surface area contributed by atoms with Crippen molar-refractivity contribution in [3.05, 3.63) is 23.4 Å². The Labute approximate surface area is 110 Å². The van der Waals surface area contributed by atoms with Crippen molar-refractivity contribution in [2.75, 3.05) is 38.3 Å². The molecule has 0 atom stereocenters. The quantitative estimate of drug-likeness (QED) is 0.717. The lowest BCUT2D eigenvalue weighted by atomic mass is 10.2. The zero-order chi connectivity index (χ0) is 13.4. The van der Waals surface area contributed by atoms with Crippen LogP contribution in [-0.2, 0) is 11.3 Å². The zero-order valence-corrected chi connectivity index (χ0v) is 12.0. The molecule has 0 radical (unpaired) electrons. The molecule has 0 saturated heterocycles. The Hall–Kier alpha value is -1.13. The number of pyridine rings is 1. The van der Waals surface area contributed by atoms with Gasteiger partial charge in [-0.15, -0.1) is 0 Å². The SMILES string of the molecule is CCOCCN(CC)c1ccc(CNC)c(C)n1. The van der Waals surface area contributed by atoms with Crippen molar-refractivity contribution in [3.63, 3.8) is 0 Å². The molecule has 0 amide bonds. The maximum Gasteiger partial charge on any atom is 0.128 e. The second kappa shape index (κ2) is 8.06. The Kier molecular flexibility index (Phi) is 6.68. The molecule has 1 N–H and O–H groups in total. The number of ether oxygens (including phenoxy) is 1. The van der Waals surface area contributed by atoms with E-state index in [1.807, 2.05) is 14.0 Å². The highest BCUT2D eigenvalue weighted by Crippen LogP contribution is 2.14. The van der Waals surface area contributed by atoms with Crippen LogP contribution in [0, 0.1) is 6.92 Å². The van der Waals surface area contributed by atoms with Crippen LogP contribution in [0.5, 0.6) is 0 Å². The molecular weight excluding hydrogens is 226 g/mol. The highest BCUT2D eigenvalue weighted by Gasteiger charge is 2.07. The summed E-state index contributed by atoms with van der Waals surface area (Å²) >= 11 is 0. The lowest BCUT2D eigenvalue weighted by molar-refractivity contribution is 0.154. The molecular formula is C14H25N3O. The number of hydrogen-bond acceptors (Lipinski definition) is 4. The predicted molar refractivity (Wildman–Crippen MR) is 76.1 cm³/mol. The van der Waals surface area contributed by atoms with Gasteiger partial charge in [0.15, 0.2) is 0 Å². The minimum absolute atomic E-state index is 0.753. The van der Waals surface area contributed by atoms with Crippen LogP contribution >= 0.6 is 0 Å². The molecule has 102 valence electrons. The number of likely N-dealkylation sites (N-methyl/N-ethyl adjacent to an activating group) is 1. The zero-order valence-electron chi connectivity index (χ0n) is 12.0. The van der Waals surface area contributed by atoms with Gasteiger partial charge in [0.05, 0.1) is 6.61 Å². The summed E-state index contributed by atoms with van der Waals surface area (Å²) in [5.74, 6) is 1.04. The van der Waals surface area contributed by atoms with Crippen LogP contribution in [0.1, 0.15) is 25.1 Å². The molecule has 0 aliphatic heterocycles. The van der Waals surface area contributed by atoms with Gasteiger partial charge in [0, 0.05) is 31.9 Å². The Morgan fingerprint density at radius 2 is 2.11 bits per heavy atom. The van der Waals surface area contributed by atoms with Gasteiger partial charge in [-0.2, -0.15) is 0 Å². The second-order valence-corrected chi connectivity index (χ2v) is 4.22. The van der Waals surface area contributed by atoms with Crippen LogP contribution in [0.3, 0.4) is 0 Å². The lowest BCUT2D eigenvalue weighted by Gasteiger charge is -2.22. The third-order valence-corrected chi connectivity index (χ3v) is 2.96. The molecule has 0 aliphatic rings. The summed E-state index contributed by atoms with van der Waals surface area (Å²) in [6, 6.07) is 4.24. The summed E-state index contributed by atoms with van der Waals surface area (Å²) < 4.78 is 5.40. The first-order chi connectivity index (χ1) is 8.72. The number of hydrogen-bond donors (Lipinski definition) is 1. The number of aromatic nitrogens is 1. The van der Waals surface area contributed by atoms with Gasteiger partial charge in [-0.05, 0) is 39.4 Å². The van der Waals surface area contributed by atoms with Crippen molar-refractivity contribution in [3.8, 4) is 0 Å². The Bertz CT molecular complexity index is 355. The van der Waals surface area contributed by atoms with Gasteiger partial charge < -0.3 is 15.0 Å². The van der Waals surface area contributed by atoms with Gasteiger partial charge in [-0.3, -0.25) is 0 Å². The Balaban J connectivity index is 2.71. The highest BCUT2D eigenvalue weighted by atomic mass is 16.5. The molecule has 1 aromatic heterocycles. The van der Waals surface area contributed by atoms with E-state index >= 15 is 0 Å². The molecule has 1 rings (SSSR count). The predicted octanol–water partition coefficient (Wildman–Crippen LogP) is 1.97. The Morgan fingerprint density at radius 1 is 1.33 bits per heavy atom. The van der Waals surface area contributed by atoms with Crippen LogP contribution in [0.25, 0.3) is 0 Å². The van der Waals surface area contributed by atoms with Crippen molar-refractivity contribution in [2.24, 2.45) is 0 Å². The van der Waals surface area contributed by atoms with Crippen LogP contribution in [0.2, 0.25) is 0 Å². The molecule has 0 unspecified atom stereocenters. The van der Waals surface area contributed by atoms with Crippen LogP contribution in [0.4, 0.5) is 5.82 Å². The first-order valence-electron chi connectivity index (χ1n) is 6.66. The van der Waals surface area contributed by atoms with E-state index in [1.54, 1.807) is 0 Å². The summed E-state index contributed by atoms with van der Waals surface area (Å²) in [5.41, 5.74) is 2.35. The molecule has 1 heterocycles. The van der Waals surface area contributed by atoms with Crippen molar-refractivity contribution in [1.29, 1.82) is 0 Å². The maximum absolute atomic E-state index is 5.40. The fourth-order valence-corrected chi connectivity index (χ4v) is 1.88.